The first-order valence-electron chi connectivity index (χ1n) is 7.22. The molecule has 0 radical (unpaired) electrons. The maximum Gasteiger partial charge on any atom is 0.227 e. The molecule has 1 saturated heterocycles. The Hall–Kier alpha value is -1.88. The van der Waals surface area contributed by atoms with Crippen LogP contribution in [0.1, 0.15) is 35.7 Å². The predicted octanol–water partition coefficient (Wildman–Crippen LogP) is 1.39. The molecule has 0 spiro atoms. The predicted molar refractivity (Wildman–Crippen MR) is 80.5 cm³/mol. The van der Waals surface area contributed by atoms with Crippen LogP contribution in [0.15, 0.2) is 18.2 Å². The maximum absolute atomic E-state index is 12.4. The zero-order chi connectivity index (χ0) is 15.4. The molecule has 114 valence electrons. The Morgan fingerprint density at radius 2 is 2.19 bits per heavy atom. The molecule has 0 bridgehead atoms. The summed E-state index contributed by atoms with van der Waals surface area (Å²) in [5.41, 5.74) is 7.25. The fourth-order valence-corrected chi connectivity index (χ4v) is 2.65. The van der Waals surface area contributed by atoms with E-state index in [4.69, 9.17) is 10.5 Å². The van der Waals surface area contributed by atoms with Crippen LogP contribution in [-0.2, 0) is 11.2 Å². The molecular weight excluding hydrogens is 268 g/mol. The molecule has 1 amide bonds. The molecule has 0 aromatic heterocycles. The van der Waals surface area contributed by atoms with Crippen molar-refractivity contribution in [1.82, 2.24) is 4.90 Å². The number of methoxy groups -OCH3 is 1. The SMILES string of the molecule is COc1ccc(C(C)=O)cc1CC(=O)N1CCCC(N)C1. The second-order valence-corrected chi connectivity index (χ2v) is 5.50. The summed E-state index contributed by atoms with van der Waals surface area (Å²) in [5, 5.41) is 0. The van der Waals surface area contributed by atoms with Gasteiger partial charge in [-0.15, -0.1) is 0 Å². The number of hydrogen-bond acceptors (Lipinski definition) is 4. The van der Waals surface area contributed by atoms with Gasteiger partial charge >= 0.3 is 0 Å². The van der Waals surface area contributed by atoms with Crippen LogP contribution in [0.2, 0.25) is 0 Å². The van der Waals surface area contributed by atoms with Crippen molar-refractivity contribution in [3.05, 3.63) is 29.3 Å². The molecule has 1 atom stereocenters. The molecule has 5 nitrogen and oxygen atoms in total. The fourth-order valence-electron chi connectivity index (χ4n) is 2.65. The quantitative estimate of drug-likeness (QED) is 0.851. The van der Waals surface area contributed by atoms with Crippen molar-refractivity contribution < 1.29 is 14.3 Å². The highest BCUT2D eigenvalue weighted by Crippen LogP contribution is 2.22. The van der Waals surface area contributed by atoms with Crippen molar-refractivity contribution in [1.29, 1.82) is 0 Å². The van der Waals surface area contributed by atoms with E-state index in [0.717, 1.165) is 24.9 Å². The van der Waals surface area contributed by atoms with E-state index in [9.17, 15) is 9.59 Å². The number of nitrogens with two attached hydrogens (primary N) is 1. The van der Waals surface area contributed by atoms with Crippen molar-refractivity contribution in [2.45, 2.75) is 32.2 Å². The van der Waals surface area contributed by atoms with E-state index >= 15 is 0 Å². The molecule has 1 unspecified atom stereocenters. The van der Waals surface area contributed by atoms with E-state index in [1.807, 2.05) is 0 Å². The Bertz CT molecular complexity index is 542. The van der Waals surface area contributed by atoms with Crippen LogP contribution in [-0.4, -0.2) is 42.8 Å². The van der Waals surface area contributed by atoms with E-state index < -0.39 is 0 Å². The van der Waals surface area contributed by atoms with Crippen molar-refractivity contribution in [2.75, 3.05) is 20.2 Å². The van der Waals surface area contributed by atoms with Gasteiger partial charge in [0, 0.05) is 30.3 Å². The minimum absolute atomic E-state index is 0.0219. The summed E-state index contributed by atoms with van der Waals surface area (Å²) in [6, 6.07) is 5.25. The largest absolute Gasteiger partial charge is 0.496 e. The average Bonchev–Trinajstić information content (AvgIpc) is 2.47. The molecule has 0 aliphatic carbocycles. The third-order valence-corrected chi connectivity index (χ3v) is 3.84. The van der Waals surface area contributed by atoms with Gasteiger partial charge in [0.15, 0.2) is 5.78 Å². The Morgan fingerprint density at radius 3 is 2.81 bits per heavy atom. The van der Waals surface area contributed by atoms with Crippen LogP contribution in [0, 0.1) is 0 Å². The second-order valence-electron chi connectivity index (χ2n) is 5.50. The van der Waals surface area contributed by atoms with Gasteiger partial charge < -0.3 is 15.4 Å². The first-order chi connectivity index (χ1) is 10.0. The normalized spacial score (nSPS) is 18.4. The summed E-state index contributed by atoms with van der Waals surface area (Å²) < 4.78 is 5.28. The molecule has 1 heterocycles. The minimum Gasteiger partial charge on any atom is -0.496 e. The van der Waals surface area contributed by atoms with Gasteiger partial charge in [0.05, 0.1) is 13.5 Å². The standard InChI is InChI=1S/C16H22N2O3/c1-11(19)12-5-6-15(21-2)13(8-12)9-16(20)18-7-3-4-14(17)10-18/h5-6,8,14H,3-4,7,9-10,17H2,1-2H3. The summed E-state index contributed by atoms with van der Waals surface area (Å²) in [6.45, 7) is 2.87. The Morgan fingerprint density at radius 1 is 1.43 bits per heavy atom. The summed E-state index contributed by atoms with van der Waals surface area (Å²) in [5.74, 6) is 0.644. The van der Waals surface area contributed by atoms with Gasteiger partial charge in [0.25, 0.3) is 0 Å². The summed E-state index contributed by atoms with van der Waals surface area (Å²) in [7, 11) is 1.56. The lowest BCUT2D eigenvalue weighted by Crippen LogP contribution is -2.46. The average molecular weight is 290 g/mol. The van der Waals surface area contributed by atoms with Crippen LogP contribution in [0.4, 0.5) is 0 Å². The zero-order valence-electron chi connectivity index (χ0n) is 12.6. The number of nitrogens with zero attached hydrogens (tertiary/aromatic N) is 1. The van der Waals surface area contributed by atoms with E-state index in [1.165, 1.54) is 6.92 Å². The molecular formula is C16H22N2O3. The summed E-state index contributed by atoms with van der Waals surface area (Å²) >= 11 is 0. The van der Waals surface area contributed by atoms with E-state index in [-0.39, 0.29) is 24.2 Å². The molecule has 1 aromatic rings. The summed E-state index contributed by atoms with van der Waals surface area (Å²) in [6.07, 6.45) is 2.14. The van der Waals surface area contributed by atoms with E-state index in [2.05, 4.69) is 0 Å². The first-order valence-corrected chi connectivity index (χ1v) is 7.22. The highest BCUT2D eigenvalue weighted by molar-refractivity contribution is 5.94. The molecule has 0 saturated carbocycles. The van der Waals surface area contributed by atoms with Crippen LogP contribution in [0.5, 0.6) is 5.75 Å². The van der Waals surface area contributed by atoms with Crippen LogP contribution < -0.4 is 10.5 Å². The number of carbonyl (C=O) groups excluding carboxylic acids is 2. The number of amides is 1. The third kappa shape index (κ3) is 3.82. The topological polar surface area (TPSA) is 72.6 Å². The molecule has 1 aromatic carbocycles. The number of ether oxygens (including phenoxy) is 1. The fraction of sp³-hybridized carbons (Fsp3) is 0.500. The number of benzene rings is 1. The lowest BCUT2D eigenvalue weighted by molar-refractivity contribution is -0.131. The van der Waals surface area contributed by atoms with Gasteiger partial charge in [-0.1, -0.05) is 0 Å². The van der Waals surface area contributed by atoms with Crippen LogP contribution in [0.25, 0.3) is 0 Å². The highest BCUT2D eigenvalue weighted by atomic mass is 16.5. The van der Waals surface area contributed by atoms with Crippen LogP contribution in [0.3, 0.4) is 0 Å². The van der Waals surface area contributed by atoms with Crippen molar-refractivity contribution >= 4 is 11.7 Å². The smallest absolute Gasteiger partial charge is 0.227 e. The van der Waals surface area contributed by atoms with Gasteiger partial charge in [-0.3, -0.25) is 9.59 Å². The monoisotopic (exact) mass is 290 g/mol. The van der Waals surface area contributed by atoms with E-state index in [0.29, 0.717) is 17.9 Å². The van der Waals surface area contributed by atoms with Gasteiger partial charge in [0.2, 0.25) is 5.91 Å². The van der Waals surface area contributed by atoms with Gasteiger partial charge in [0.1, 0.15) is 5.75 Å². The Labute approximate surface area is 125 Å². The lowest BCUT2D eigenvalue weighted by atomic mass is 10.0. The number of hydrogen-bond donors (Lipinski definition) is 1. The Balaban J connectivity index is 2.15. The molecule has 21 heavy (non-hydrogen) atoms. The van der Waals surface area contributed by atoms with Crippen LogP contribution >= 0.6 is 0 Å². The third-order valence-electron chi connectivity index (χ3n) is 3.84. The Kier molecular flexibility index (Phi) is 4.96. The number of Topliss-reactive ketones (excluding diaryl/α,β-unsaturated/α-hetero) is 1. The number of carbonyl (C=O) groups is 2. The summed E-state index contributed by atoms with van der Waals surface area (Å²) in [4.78, 5) is 25.7. The van der Waals surface area contributed by atoms with E-state index in [1.54, 1.807) is 30.2 Å². The number of likely N-dealkylation sites (tertiary alicyclic amines) is 1. The zero-order valence-corrected chi connectivity index (χ0v) is 12.6. The van der Waals surface area contributed by atoms with Gasteiger partial charge in [-0.05, 0) is 38.0 Å². The number of ketones is 1. The molecule has 1 fully saturated rings. The van der Waals surface area contributed by atoms with Gasteiger partial charge in [-0.25, -0.2) is 0 Å². The highest BCUT2D eigenvalue weighted by Gasteiger charge is 2.22. The number of rotatable bonds is 4. The molecule has 1 aliphatic heterocycles. The lowest BCUT2D eigenvalue weighted by Gasteiger charge is -2.31. The second kappa shape index (κ2) is 6.72. The van der Waals surface area contributed by atoms with Gasteiger partial charge in [-0.2, -0.15) is 0 Å². The van der Waals surface area contributed by atoms with Crippen molar-refractivity contribution in [3.63, 3.8) is 0 Å². The molecule has 2 N–H and O–H groups in total. The number of piperidine rings is 1. The molecule has 1 aliphatic rings. The molecule has 5 heteroatoms. The van der Waals surface area contributed by atoms with Crippen molar-refractivity contribution in [3.8, 4) is 5.75 Å². The minimum atomic E-state index is -0.0219. The maximum atomic E-state index is 12.4. The van der Waals surface area contributed by atoms with Crippen molar-refractivity contribution in [2.24, 2.45) is 5.73 Å². The molecule has 2 rings (SSSR count). The first kappa shape index (κ1) is 15.5.